The summed E-state index contributed by atoms with van der Waals surface area (Å²) in [5.41, 5.74) is 1.81. The number of hydrogen-bond donors (Lipinski definition) is 1. The van der Waals surface area contributed by atoms with Crippen molar-refractivity contribution in [1.82, 2.24) is 4.90 Å². The van der Waals surface area contributed by atoms with E-state index < -0.39 is 0 Å². The molecule has 1 heterocycles. The van der Waals surface area contributed by atoms with Crippen LogP contribution in [-0.2, 0) is 11.3 Å². The highest BCUT2D eigenvalue weighted by Crippen LogP contribution is 2.36. The molecule has 0 aromatic heterocycles. The third-order valence-corrected chi connectivity index (χ3v) is 2.49. The van der Waals surface area contributed by atoms with Crippen LogP contribution >= 0.6 is 0 Å². The normalized spacial score (nSPS) is 21.5. The van der Waals surface area contributed by atoms with Gasteiger partial charge in [0.2, 0.25) is 0 Å². The molecule has 1 unspecified atom stereocenters. The molecule has 1 aromatic carbocycles. The molecule has 1 N–H and O–H groups in total. The van der Waals surface area contributed by atoms with Crippen molar-refractivity contribution in [2.45, 2.75) is 12.6 Å². The number of phenols is 1. The minimum Gasteiger partial charge on any atom is -0.508 e. The quantitative estimate of drug-likeness (QED) is 0.652. The fourth-order valence-electron chi connectivity index (χ4n) is 1.84. The van der Waals surface area contributed by atoms with E-state index >= 15 is 0 Å². The SMILES string of the molecule is CN1Cc2cccc(O)c2C1C=O. The Morgan fingerprint density at radius 3 is 3.08 bits per heavy atom. The lowest BCUT2D eigenvalue weighted by atomic mass is 10.0. The highest BCUT2D eigenvalue weighted by molar-refractivity contribution is 5.67. The molecule has 1 atom stereocenters. The number of carbonyl (C=O) groups excluding carboxylic acids is 1. The van der Waals surface area contributed by atoms with Crippen molar-refractivity contribution < 1.29 is 9.90 Å². The maximum absolute atomic E-state index is 10.8. The number of nitrogens with zero attached hydrogens (tertiary/aromatic N) is 1. The number of hydrogen-bond acceptors (Lipinski definition) is 3. The lowest BCUT2D eigenvalue weighted by Gasteiger charge is -2.13. The predicted molar refractivity (Wildman–Crippen MR) is 48.4 cm³/mol. The average Bonchev–Trinajstić information content (AvgIpc) is 2.42. The molecular weight excluding hydrogens is 166 g/mol. The Kier molecular flexibility index (Phi) is 1.81. The summed E-state index contributed by atoms with van der Waals surface area (Å²) in [6.07, 6.45) is 0.867. The van der Waals surface area contributed by atoms with Crippen LogP contribution in [0.25, 0.3) is 0 Å². The number of rotatable bonds is 1. The second-order valence-corrected chi connectivity index (χ2v) is 3.35. The first-order chi connectivity index (χ1) is 6.24. The number of phenolic OH excluding ortho intramolecular Hbond substituents is 1. The second kappa shape index (κ2) is 2.85. The van der Waals surface area contributed by atoms with Crippen molar-refractivity contribution >= 4 is 6.29 Å². The van der Waals surface area contributed by atoms with Gasteiger partial charge in [-0.15, -0.1) is 0 Å². The largest absolute Gasteiger partial charge is 0.508 e. The predicted octanol–water partition coefficient (Wildman–Crippen LogP) is 1.08. The van der Waals surface area contributed by atoms with Gasteiger partial charge in [-0.05, 0) is 18.7 Å². The Bertz CT molecular complexity index is 349. The summed E-state index contributed by atoms with van der Waals surface area (Å²) in [7, 11) is 1.87. The first-order valence-electron chi connectivity index (χ1n) is 4.20. The van der Waals surface area contributed by atoms with Gasteiger partial charge in [-0.25, -0.2) is 0 Å². The van der Waals surface area contributed by atoms with E-state index in [0.29, 0.717) is 0 Å². The minimum atomic E-state index is -0.281. The van der Waals surface area contributed by atoms with Crippen molar-refractivity contribution in [3.05, 3.63) is 29.3 Å². The number of likely N-dealkylation sites (N-methyl/N-ethyl adjacent to an activating group) is 1. The maximum atomic E-state index is 10.8. The molecule has 68 valence electrons. The molecule has 0 radical (unpaired) electrons. The van der Waals surface area contributed by atoms with Gasteiger partial charge >= 0.3 is 0 Å². The zero-order valence-electron chi connectivity index (χ0n) is 7.40. The Morgan fingerprint density at radius 2 is 2.38 bits per heavy atom. The van der Waals surface area contributed by atoms with E-state index in [4.69, 9.17) is 0 Å². The molecule has 3 nitrogen and oxygen atoms in total. The molecule has 0 aliphatic carbocycles. The molecule has 0 saturated carbocycles. The smallest absolute Gasteiger partial charge is 0.141 e. The Labute approximate surface area is 76.6 Å². The number of carbonyl (C=O) groups is 1. The molecule has 1 aliphatic heterocycles. The van der Waals surface area contributed by atoms with E-state index in [9.17, 15) is 9.90 Å². The molecule has 0 fully saturated rings. The molecule has 0 spiro atoms. The molecule has 0 bridgehead atoms. The van der Waals surface area contributed by atoms with Crippen LogP contribution in [0.1, 0.15) is 17.2 Å². The Balaban J connectivity index is 2.55. The van der Waals surface area contributed by atoms with Gasteiger partial charge in [0, 0.05) is 12.1 Å². The summed E-state index contributed by atoms with van der Waals surface area (Å²) in [6.45, 7) is 0.729. The lowest BCUT2D eigenvalue weighted by molar-refractivity contribution is -0.111. The highest BCUT2D eigenvalue weighted by Gasteiger charge is 2.29. The van der Waals surface area contributed by atoms with Gasteiger partial charge in [0.25, 0.3) is 0 Å². The molecular formula is C10H11NO2. The summed E-state index contributed by atoms with van der Waals surface area (Å²) < 4.78 is 0. The topological polar surface area (TPSA) is 40.5 Å². The number of aromatic hydroxyl groups is 1. The third-order valence-electron chi connectivity index (χ3n) is 2.49. The van der Waals surface area contributed by atoms with Crippen molar-refractivity contribution in [3.63, 3.8) is 0 Å². The Hall–Kier alpha value is -1.35. The minimum absolute atomic E-state index is 0.221. The van der Waals surface area contributed by atoms with Crippen molar-refractivity contribution in [3.8, 4) is 5.75 Å². The standard InChI is InChI=1S/C10H11NO2/c1-11-5-7-3-2-4-9(13)10(7)8(11)6-12/h2-4,6,8,13H,5H2,1H3. The van der Waals surface area contributed by atoms with Crippen LogP contribution < -0.4 is 0 Å². The monoisotopic (exact) mass is 177 g/mol. The first-order valence-corrected chi connectivity index (χ1v) is 4.20. The van der Waals surface area contributed by atoms with E-state index in [1.165, 1.54) is 0 Å². The summed E-state index contributed by atoms with van der Waals surface area (Å²) in [5, 5.41) is 9.57. The molecule has 13 heavy (non-hydrogen) atoms. The maximum Gasteiger partial charge on any atom is 0.141 e. The fourth-order valence-corrected chi connectivity index (χ4v) is 1.84. The molecule has 3 heteroatoms. The van der Waals surface area contributed by atoms with Crippen molar-refractivity contribution in [2.24, 2.45) is 0 Å². The zero-order valence-corrected chi connectivity index (χ0v) is 7.40. The number of fused-ring (bicyclic) bond motifs is 1. The number of aldehydes is 1. The van der Waals surface area contributed by atoms with Crippen LogP contribution in [0.2, 0.25) is 0 Å². The Morgan fingerprint density at radius 1 is 1.62 bits per heavy atom. The van der Waals surface area contributed by atoms with Crippen LogP contribution in [-0.4, -0.2) is 23.3 Å². The third kappa shape index (κ3) is 1.12. The summed E-state index contributed by atoms with van der Waals surface area (Å²) in [4.78, 5) is 12.7. The van der Waals surface area contributed by atoms with E-state index in [1.54, 1.807) is 12.1 Å². The molecule has 1 aromatic rings. The first kappa shape index (κ1) is 8.26. The van der Waals surface area contributed by atoms with Gasteiger partial charge < -0.3 is 9.90 Å². The van der Waals surface area contributed by atoms with Crippen LogP contribution in [0.3, 0.4) is 0 Å². The fraction of sp³-hybridized carbons (Fsp3) is 0.300. The van der Waals surface area contributed by atoms with Gasteiger partial charge in [0.1, 0.15) is 12.0 Å². The van der Waals surface area contributed by atoms with Crippen LogP contribution in [0.15, 0.2) is 18.2 Å². The van der Waals surface area contributed by atoms with E-state index in [2.05, 4.69) is 0 Å². The average molecular weight is 177 g/mol. The molecule has 1 aliphatic rings. The van der Waals surface area contributed by atoms with Crippen molar-refractivity contribution in [1.29, 1.82) is 0 Å². The van der Waals surface area contributed by atoms with Crippen LogP contribution in [0.5, 0.6) is 5.75 Å². The molecule has 2 rings (SSSR count). The van der Waals surface area contributed by atoms with Crippen LogP contribution in [0.4, 0.5) is 0 Å². The second-order valence-electron chi connectivity index (χ2n) is 3.35. The highest BCUT2D eigenvalue weighted by atomic mass is 16.3. The zero-order chi connectivity index (χ0) is 9.42. The lowest BCUT2D eigenvalue weighted by Crippen LogP contribution is -2.17. The van der Waals surface area contributed by atoms with Crippen molar-refractivity contribution in [2.75, 3.05) is 7.05 Å². The molecule has 0 amide bonds. The van der Waals surface area contributed by atoms with Crippen LogP contribution in [0, 0.1) is 0 Å². The van der Waals surface area contributed by atoms with E-state index in [-0.39, 0.29) is 11.8 Å². The van der Waals surface area contributed by atoms with E-state index in [1.807, 2.05) is 18.0 Å². The van der Waals surface area contributed by atoms with Gasteiger partial charge in [0.15, 0.2) is 0 Å². The summed E-state index contributed by atoms with van der Waals surface area (Å²) in [6, 6.07) is 5.08. The summed E-state index contributed by atoms with van der Waals surface area (Å²) in [5.74, 6) is 0.221. The van der Waals surface area contributed by atoms with Gasteiger partial charge in [-0.1, -0.05) is 12.1 Å². The van der Waals surface area contributed by atoms with E-state index in [0.717, 1.165) is 24.0 Å². The number of benzene rings is 1. The van der Waals surface area contributed by atoms with Gasteiger partial charge in [-0.3, -0.25) is 4.90 Å². The van der Waals surface area contributed by atoms with Gasteiger partial charge in [0.05, 0.1) is 6.04 Å². The summed E-state index contributed by atoms with van der Waals surface area (Å²) >= 11 is 0. The van der Waals surface area contributed by atoms with Gasteiger partial charge in [-0.2, -0.15) is 0 Å². The molecule has 0 saturated heterocycles.